The molecule has 2 amide bonds. The Morgan fingerprint density at radius 3 is 2.00 bits per heavy atom. The predicted molar refractivity (Wildman–Crippen MR) is 148 cm³/mol. The lowest BCUT2D eigenvalue weighted by molar-refractivity contribution is -0.124. The van der Waals surface area contributed by atoms with Gasteiger partial charge in [0.25, 0.3) is 0 Å². The van der Waals surface area contributed by atoms with E-state index in [1.54, 1.807) is 14.1 Å². The van der Waals surface area contributed by atoms with Gasteiger partial charge < -0.3 is 25.3 Å². The molecule has 0 aromatic rings. The SMILES string of the molecule is CNC(=O)CN1CCC(CN2CCN(C)CC2)C(C2CC(N3CCN(C)CC3)CCN2CC(=O)NC)C1. The van der Waals surface area contributed by atoms with E-state index >= 15 is 0 Å². The zero-order valence-corrected chi connectivity index (χ0v) is 23.8. The maximum Gasteiger partial charge on any atom is 0.233 e. The lowest BCUT2D eigenvalue weighted by Gasteiger charge is -2.52. The summed E-state index contributed by atoms with van der Waals surface area (Å²) in [5.74, 6) is 1.25. The molecular weight excluding hydrogens is 468 g/mol. The van der Waals surface area contributed by atoms with Crippen LogP contribution in [0.4, 0.5) is 0 Å². The molecule has 4 aliphatic heterocycles. The third kappa shape index (κ3) is 7.86. The number of carbonyl (C=O) groups excluding carboxylic acids is 2. The zero-order valence-electron chi connectivity index (χ0n) is 23.8. The van der Waals surface area contributed by atoms with Crippen LogP contribution in [0.1, 0.15) is 19.3 Å². The molecular formula is C27H52N8O2. The van der Waals surface area contributed by atoms with E-state index in [9.17, 15) is 9.59 Å². The Kier molecular flexibility index (Phi) is 10.6. The molecule has 0 bridgehead atoms. The van der Waals surface area contributed by atoms with Gasteiger partial charge in [-0.3, -0.25) is 24.3 Å². The highest BCUT2D eigenvalue weighted by atomic mass is 16.2. The van der Waals surface area contributed by atoms with Crippen LogP contribution in [0.5, 0.6) is 0 Å². The minimum Gasteiger partial charge on any atom is -0.358 e. The molecule has 212 valence electrons. The summed E-state index contributed by atoms with van der Waals surface area (Å²) in [5.41, 5.74) is 0. The van der Waals surface area contributed by atoms with E-state index in [2.05, 4.69) is 54.1 Å². The highest BCUT2D eigenvalue weighted by Crippen LogP contribution is 2.36. The van der Waals surface area contributed by atoms with Gasteiger partial charge in [-0.1, -0.05) is 0 Å². The molecule has 4 heterocycles. The zero-order chi connectivity index (χ0) is 26.4. The summed E-state index contributed by atoms with van der Waals surface area (Å²) in [5, 5.41) is 5.68. The number of hydrogen-bond acceptors (Lipinski definition) is 8. The number of nitrogens with one attached hydrogen (secondary N) is 2. The van der Waals surface area contributed by atoms with Crippen molar-refractivity contribution in [3.8, 4) is 0 Å². The van der Waals surface area contributed by atoms with Gasteiger partial charge >= 0.3 is 0 Å². The lowest BCUT2D eigenvalue weighted by atomic mass is 9.75. The minimum atomic E-state index is 0.0949. The van der Waals surface area contributed by atoms with Gasteiger partial charge in [0.05, 0.1) is 13.1 Å². The summed E-state index contributed by atoms with van der Waals surface area (Å²) in [6.45, 7) is 14.1. The van der Waals surface area contributed by atoms with Crippen molar-refractivity contribution in [1.29, 1.82) is 0 Å². The Balaban J connectivity index is 1.53. The van der Waals surface area contributed by atoms with Crippen LogP contribution in [-0.4, -0.2) is 173 Å². The monoisotopic (exact) mass is 520 g/mol. The van der Waals surface area contributed by atoms with Crippen molar-refractivity contribution >= 4 is 11.8 Å². The number of amides is 2. The molecule has 37 heavy (non-hydrogen) atoms. The number of nitrogens with zero attached hydrogens (tertiary/aromatic N) is 6. The molecule has 10 heteroatoms. The standard InChI is InChI=1S/C27H52N8O2/c1-28-26(36)20-33-7-5-22(18-32-13-9-30(3)10-14-32)24(19-33)25-17-23(34-15-11-31(4)12-16-34)6-8-35(25)21-27(37)29-2/h22-25H,5-21H2,1-4H3,(H,28,36)(H,29,37). The predicted octanol–water partition coefficient (Wildman–Crippen LogP) is -1.26. The van der Waals surface area contributed by atoms with Crippen LogP contribution in [0, 0.1) is 11.8 Å². The number of rotatable bonds is 8. The molecule has 0 saturated carbocycles. The average molecular weight is 521 g/mol. The summed E-state index contributed by atoms with van der Waals surface area (Å²) in [4.78, 5) is 39.9. The summed E-state index contributed by atoms with van der Waals surface area (Å²) < 4.78 is 0. The third-order valence-corrected chi connectivity index (χ3v) is 9.53. The Bertz CT molecular complexity index is 738. The van der Waals surface area contributed by atoms with Gasteiger partial charge in [0.15, 0.2) is 0 Å². The second-order valence-corrected chi connectivity index (χ2v) is 12.0. The summed E-state index contributed by atoms with van der Waals surface area (Å²) in [6, 6.07) is 0.943. The van der Waals surface area contributed by atoms with Crippen LogP contribution in [-0.2, 0) is 9.59 Å². The van der Waals surface area contributed by atoms with E-state index in [0.29, 0.717) is 37.0 Å². The van der Waals surface area contributed by atoms with Crippen LogP contribution >= 0.6 is 0 Å². The molecule has 4 fully saturated rings. The smallest absolute Gasteiger partial charge is 0.233 e. The number of likely N-dealkylation sites (tertiary alicyclic amines) is 2. The highest BCUT2D eigenvalue weighted by molar-refractivity contribution is 5.78. The van der Waals surface area contributed by atoms with Crippen LogP contribution in [0.3, 0.4) is 0 Å². The molecule has 0 aromatic heterocycles. The van der Waals surface area contributed by atoms with Crippen molar-refractivity contribution in [3.05, 3.63) is 0 Å². The van der Waals surface area contributed by atoms with Gasteiger partial charge in [0, 0.05) is 98.2 Å². The fourth-order valence-corrected chi connectivity index (χ4v) is 7.00. The van der Waals surface area contributed by atoms with Gasteiger partial charge in [0.1, 0.15) is 0 Å². The van der Waals surface area contributed by atoms with E-state index in [1.807, 2.05) is 0 Å². The van der Waals surface area contributed by atoms with Crippen molar-refractivity contribution in [3.63, 3.8) is 0 Å². The number of piperidine rings is 2. The normalized spacial score (nSPS) is 32.3. The number of piperazine rings is 2. The Morgan fingerprint density at radius 1 is 0.730 bits per heavy atom. The average Bonchev–Trinajstić information content (AvgIpc) is 2.91. The van der Waals surface area contributed by atoms with Crippen LogP contribution in [0.2, 0.25) is 0 Å². The summed E-state index contributed by atoms with van der Waals surface area (Å²) >= 11 is 0. The van der Waals surface area contributed by atoms with E-state index in [-0.39, 0.29) is 11.8 Å². The quantitative estimate of drug-likeness (QED) is 0.411. The lowest BCUT2D eigenvalue weighted by Crippen LogP contribution is -2.61. The van der Waals surface area contributed by atoms with Crippen LogP contribution in [0.25, 0.3) is 0 Å². The molecule has 0 aromatic carbocycles. The van der Waals surface area contributed by atoms with E-state index in [0.717, 1.165) is 97.8 Å². The molecule has 4 saturated heterocycles. The number of hydrogen-bond donors (Lipinski definition) is 2. The van der Waals surface area contributed by atoms with Gasteiger partial charge in [-0.15, -0.1) is 0 Å². The molecule has 2 N–H and O–H groups in total. The van der Waals surface area contributed by atoms with Crippen molar-refractivity contribution in [1.82, 2.24) is 40.0 Å². The van der Waals surface area contributed by atoms with Crippen molar-refractivity contribution in [2.75, 3.05) is 120 Å². The van der Waals surface area contributed by atoms with Crippen LogP contribution in [0.15, 0.2) is 0 Å². The summed E-state index contributed by atoms with van der Waals surface area (Å²) in [6.07, 6.45) is 3.38. The molecule has 0 aliphatic carbocycles. The second kappa shape index (κ2) is 13.7. The Labute approximate surface area is 224 Å². The van der Waals surface area contributed by atoms with Gasteiger partial charge in [-0.2, -0.15) is 0 Å². The van der Waals surface area contributed by atoms with Crippen molar-refractivity contribution < 1.29 is 9.59 Å². The van der Waals surface area contributed by atoms with Crippen LogP contribution < -0.4 is 10.6 Å². The molecule has 4 atom stereocenters. The van der Waals surface area contributed by atoms with E-state index in [4.69, 9.17) is 0 Å². The first-order valence-corrected chi connectivity index (χ1v) is 14.6. The number of likely N-dealkylation sites (N-methyl/N-ethyl adjacent to an activating group) is 4. The maximum absolute atomic E-state index is 12.6. The minimum absolute atomic E-state index is 0.0949. The largest absolute Gasteiger partial charge is 0.358 e. The fraction of sp³-hybridized carbons (Fsp3) is 0.926. The van der Waals surface area contributed by atoms with Crippen molar-refractivity contribution in [2.45, 2.75) is 31.3 Å². The first-order chi connectivity index (χ1) is 17.9. The molecule has 4 rings (SSSR count). The van der Waals surface area contributed by atoms with Gasteiger partial charge in [-0.05, 0) is 51.7 Å². The number of carbonyl (C=O) groups is 2. The fourth-order valence-electron chi connectivity index (χ4n) is 7.00. The maximum atomic E-state index is 12.6. The summed E-state index contributed by atoms with van der Waals surface area (Å²) in [7, 11) is 7.91. The van der Waals surface area contributed by atoms with E-state index in [1.165, 1.54) is 0 Å². The van der Waals surface area contributed by atoms with Gasteiger partial charge in [0.2, 0.25) is 11.8 Å². The second-order valence-electron chi connectivity index (χ2n) is 12.0. The molecule has 10 nitrogen and oxygen atoms in total. The molecule has 4 unspecified atom stereocenters. The molecule has 4 aliphatic rings. The highest BCUT2D eigenvalue weighted by Gasteiger charge is 2.43. The van der Waals surface area contributed by atoms with Gasteiger partial charge in [-0.25, -0.2) is 0 Å². The third-order valence-electron chi connectivity index (χ3n) is 9.53. The van der Waals surface area contributed by atoms with E-state index < -0.39 is 0 Å². The molecule has 0 radical (unpaired) electrons. The molecule has 0 spiro atoms. The first-order valence-electron chi connectivity index (χ1n) is 14.6. The Hall–Kier alpha value is -1.30. The topological polar surface area (TPSA) is 77.6 Å². The Morgan fingerprint density at radius 2 is 1.35 bits per heavy atom. The van der Waals surface area contributed by atoms with Crippen molar-refractivity contribution in [2.24, 2.45) is 11.8 Å². The first kappa shape index (κ1) is 28.7.